The minimum atomic E-state index is 0.817. The molecule has 0 aromatic carbocycles. The molecule has 0 amide bonds. The zero-order valence-corrected chi connectivity index (χ0v) is 4.76. The molecule has 0 saturated heterocycles. The molecule has 0 saturated carbocycles. The van der Waals surface area contributed by atoms with E-state index in [4.69, 9.17) is 0 Å². The largest absolute Gasteiger partial charge is 0.274 e. The van der Waals surface area contributed by atoms with Crippen molar-refractivity contribution in [2.24, 2.45) is 9.98 Å². The summed E-state index contributed by atoms with van der Waals surface area (Å²) in [5.41, 5.74) is 0. The molecule has 0 radical (unpaired) electrons. The third-order valence-corrected chi connectivity index (χ3v) is 0.480. The van der Waals surface area contributed by atoms with Gasteiger partial charge in [0.25, 0.3) is 0 Å². The van der Waals surface area contributed by atoms with Gasteiger partial charge in [-0.15, -0.1) is 0 Å². The second kappa shape index (κ2) is 5.34. The minimum Gasteiger partial charge on any atom is -0.274 e. The van der Waals surface area contributed by atoms with Gasteiger partial charge in [0.2, 0.25) is 0 Å². The number of nitrogens with zero attached hydrogens (tertiary/aromatic N) is 2. The van der Waals surface area contributed by atoms with E-state index in [0.29, 0.717) is 0 Å². The lowest BCUT2D eigenvalue weighted by Crippen LogP contribution is -1.68. The van der Waals surface area contributed by atoms with Crippen molar-refractivity contribution in [3.05, 3.63) is 0 Å². The van der Waals surface area contributed by atoms with Crippen molar-refractivity contribution in [1.29, 1.82) is 0 Å². The van der Waals surface area contributed by atoms with Crippen LogP contribution in [0.15, 0.2) is 9.98 Å². The van der Waals surface area contributed by atoms with E-state index >= 15 is 0 Å². The average Bonchev–Trinajstić information content (AvgIpc) is 1.69. The Morgan fingerprint density at radius 1 is 1.57 bits per heavy atom. The van der Waals surface area contributed by atoms with Gasteiger partial charge in [0, 0.05) is 12.8 Å². The normalized spacial score (nSPS) is 11.7. The second-order valence-corrected chi connectivity index (χ2v) is 1.02. The van der Waals surface area contributed by atoms with Crippen LogP contribution >= 0.6 is 0 Å². The fourth-order valence-corrected chi connectivity index (χ4v) is 0.195. The first kappa shape index (κ1) is 6.34. The summed E-state index contributed by atoms with van der Waals surface area (Å²) in [6, 6.07) is 0. The Kier molecular flexibility index (Phi) is 4.84. The van der Waals surface area contributed by atoms with E-state index in [9.17, 15) is 0 Å². The first-order valence-corrected chi connectivity index (χ1v) is 2.38. The van der Waals surface area contributed by atoms with Gasteiger partial charge in [-0.05, 0) is 13.8 Å². The van der Waals surface area contributed by atoms with E-state index in [0.717, 1.165) is 6.54 Å². The SMILES string of the molecule is CC=NC=NCC. The van der Waals surface area contributed by atoms with Gasteiger partial charge < -0.3 is 0 Å². The molecule has 0 unspecified atom stereocenters. The molecule has 0 rings (SSSR count). The topological polar surface area (TPSA) is 24.7 Å². The third-order valence-electron chi connectivity index (χ3n) is 0.480. The molecule has 2 nitrogen and oxygen atoms in total. The number of rotatable bonds is 2. The molecule has 0 spiro atoms. The van der Waals surface area contributed by atoms with E-state index in [1.165, 1.54) is 0 Å². The van der Waals surface area contributed by atoms with Gasteiger partial charge in [-0.3, -0.25) is 4.99 Å². The fraction of sp³-hybridized carbons (Fsp3) is 0.600. The van der Waals surface area contributed by atoms with Crippen molar-refractivity contribution in [2.75, 3.05) is 6.54 Å². The first-order valence-electron chi connectivity index (χ1n) is 2.38. The van der Waals surface area contributed by atoms with Crippen LogP contribution in [0.2, 0.25) is 0 Å². The molecule has 0 fully saturated rings. The molecule has 0 bridgehead atoms. The first-order chi connectivity index (χ1) is 3.41. The molecule has 40 valence electrons. The maximum absolute atomic E-state index is 3.84. The highest BCUT2D eigenvalue weighted by molar-refractivity contribution is 5.70. The number of hydrogen-bond acceptors (Lipinski definition) is 1. The Hall–Kier alpha value is -0.660. The second-order valence-electron chi connectivity index (χ2n) is 1.02. The third kappa shape index (κ3) is 5.34. The quantitative estimate of drug-likeness (QED) is 0.365. The van der Waals surface area contributed by atoms with Crippen LogP contribution in [0.3, 0.4) is 0 Å². The summed E-state index contributed by atoms with van der Waals surface area (Å²) in [4.78, 5) is 7.58. The maximum atomic E-state index is 3.84. The van der Waals surface area contributed by atoms with Gasteiger partial charge in [0.15, 0.2) is 0 Å². The average molecular weight is 98.1 g/mol. The number of aliphatic imine (C=N–C) groups is 2. The summed E-state index contributed by atoms with van der Waals surface area (Å²) >= 11 is 0. The number of hydrogen-bond donors (Lipinski definition) is 0. The smallest absolute Gasteiger partial charge is 0.109 e. The van der Waals surface area contributed by atoms with Crippen LogP contribution in [0.25, 0.3) is 0 Å². The van der Waals surface area contributed by atoms with Crippen LogP contribution in [-0.2, 0) is 0 Å². The Morgan fingerprint density at radius 3 is 2.71 bits per heavy atom. The Bertz CT molecular complexity index is 74.1. The molecule has 2 heteroatoms. The van der Waals surface area contributed by atoms with Crippen LogP contribution < -0.4 is 0 Å². The van der Waals surface area contributed by atoms with Crippen LogP contribution in [0, 0.1) is 0 Å². The van der Waals surface area contributed by atoms with Gasteiger partial charge in [0.05, 0.1) is 0 Å². The van der Waals surface area contributed by atoms with Gasteiger partial charge in [-0.25, -0.2) is 4.99 Å². The zero-order valence-electron chi connectivity index (χ0n) is 4.76. The van der Waals surface area contributed by atoms with Crippen molar-refractivity contribution < 1.29 is 0 Å². The fourth-order valence-electron chi connectivity index (χ4n) is 0.195. The van der Waals surface area contributed by atoms with Crippen LogP contribution in [-0.4, -0.2) is 19.1 Å². The predicted octanol–water partition coefficient (Wildman–Crippen LogP) is 1.13. The molecule has 0 aliphatic heterocycles. The van der Waals surface area contributed by atoms with E-state index in [1.54, 1.807) is 12.6 Å². The molecule has 0 N–H and O–H groups in total. The molecule has 0 atom stereocenters. The summed E-state index contributed by atoms with van der Waals surface area (Å²) in [7, 11) is 0. The van der Waals surface area contributed by atoms with Crippen molar-refractivity contribution in [2.45, 2.75) is 13.8 Å². The Labute approximate surface area is 44.0 Å². The van der Waals surface area contributed by atoms with Gasteiger partial charge >= 0.3 is 0 Å². The van der Waals surface area contributed by atoms with Gasteiger partial charge in [-0.1, -0.05) is 0 Å². The van der Waals surface area contributed by atoms with E-state index < -0.39 is 0 Å². The lowest BCUT2D eigenvalue weighted by atomic mass is 10.8. The highest BCUT2D eigenvalue weighted by atomic mass is 14.8. The lowest BCUT2D eigenvalue weighted by molar-refractivity contribution is 1.14. The van der Waals surface area contributed by atoms with Crippen molar-refractivity contribution in [3.8, 4) is 0 Å². The van der Waals surface area contributed by atoms with Crippen molar-refractivity contribution in [3.63, 3.8) is 0 Å². The lowest BCUT2D eigenvalue weighted by Gasteiger charge is -1.72. The molecule has 0 aliphatic rings. The van der Waals surface area contributed by atoms with Gasteiger partial charge in [-0.2, -0.15) is 0 Å². The van der Waals surface area contributed by atoms with E-state index in [-0.39, 0.29) is 0 Å². The molecule has 0 aliphatic carbocycles. The molecular weight excluding hydrogens is 88.1 g/mol. The van der Waals surface area contributed by atoms with Crippen LogP contribution in [0.1, 0.15) is 13.8 Å². The van der Waals surface area contributed by atoms with Gasteiger partial charge in [0.1, 0.15) is 6.34 Å². The summed E-state index contributed by atoms with van der Waals surface area (Å²) in [6.07, 6.45) is 3.26. The predicted molar refractivity (Wildman–Crippen MR) is 33.2 cm³/mol. The summed E-state index contributed by atoms with van der Waals surface area (Å²) < 4.78 is 0. The molecule has 0 aromatic heterocycles. The highest BCUT2D eigenvalue weighted by Crippen LogP contribution is 1.62. The standard InChI is InChI=1S/C5H10N2/c1-3-6-5-7-4-2/h3,5H,4H2,1-2H3. The van der Waals surface area contributed by atoms with Crippen LogP contribution in [0.4, 0.5) is 0 Å². The van der Waals surface area contributed by atoms with Crippen LogP contribution in [0.5, 0.6) is 0 Å². The molecule has 0 heterocycles. The Morgan fingerprint density at radius 2 is 2.29 bits per heavy atom. The Balaban J connectivity index is 3.09. The maximum Gasteiger partial charge on any atom is 0.109 e. The summed E-state index contributed by atoms with van der Waals surface area (Å²) in [5, 5.41) is 0. The summed E-state index contributed by atoms with van der Waals surface area (Å²) in [6.45, 7) is 4.65. The van der Waals surface area contributed by atoms with Crippen molar-refractivity contribution in [1.82, 2.24) is 0 Å². The van der Waals surface area contributed by atoms with E-state index in [1.807, 2.05) is 13.8 Å². The highest BCUT2D eigenvalue weighted by Gasteiger charge is 1.57. The zero-order chi connectivity index (χ0) is 5.54. The van der Waals surface area contributed by atoms with Crippen molar-refractivity contribution >= 4 is 12.6 Å². The monoisotopic (exact) mass is 98.1 g/mol. The summed E-state index contributed by atoms with van der Waals surface area (Å²) in [5.74, 6) is 0. The minimum absolute atomic E-state index is 0.817. The molecule has 0 aromatic rings. The molecular formula is C5H10N2. The van der Waals surface area contributed by atoms with E-state index in [2.05, 4.69) is 9.98 Å². The molecule has 7 heavy (non-hydrogen) atoms.